The molecule has 0 saturated heterocycles. The van der Waals surface area contributed by atoms with E-state index >= 15 is 0 Å². The minimum atomic E-state index is -1.34. The summed E-state index contributed by atoms with van der Waals surface area (Å²) >= 11 is 0. The third kappa shape index (κ3) is 8.73. The Labute approximate surface area is 275 Å². The molecule has 0 spiro atoms. The van der Waals surface area contributed by atoms with Gasteiger partial charge in [0, 0.05) is 12.1 Å². The summed E-state index contributed by atoms with van der Waals surface area (Å²) in [4.78, 5) is 0. The van der Waals surface area contributed by atoms with Crippen molar-refractivity contribution in [2.75, 3.05) is 20.8 Å². The van der Waals surface area contributed by atoms with E-state index < -0.39 is 14.1 Å². The highest BCUT2D eigenvalue weighted by molar-refractivity contribution is 7.44. The van der Waals surface area contributed by atoms with Crippen LogP contribution in [0, 0.1) is 11.3 Å². The van der Waals surface area contributed by atoms with Crippen LogP contribution in [0.3, 0.4) is 0 Å². The third-order valence-electron chi connectivity index (χ3n) is 7.62. The van der Waals surface area contributed by atoms with Crippen LogP contribution in [0.2, 0.25) is 0 Å². The minimum Gasteiger partial charge on any atom is -0.497 e. The van der Waals surface area contributed by atoms with Crippen LogP contribution in [0.15, 0.2) is 103 Å². The van der Waals surface area contributed by atoms with Crippen molar-refractivity contribution in [2.24, 2.45) is 0 Å². The number of hydrogen-bond donors (Lipinski definition) is 0. The summed E-state index contributed by atoms with van der Waals surface area (Å²) in [5.41, 5.74) is 4.09. The molecule has 0 heterocycles. The highest BCUT2D eigenvalue weighted by atomic mass is 31.2. The van der Waals surface area contributed by atoms with E-state index in [-0.39, 0.29) is 12.1 Å². The lowest BCUT2D eigenvalue weighted by atomic mass is 9.80. The molecule has 0 aliphatic carbocycles. The maximum Gasteiger partial charge on any atom is 0.259 e. The molecule has 0 radical (unpaired) electrons. The highest BCUT2D eigenvalue weighted by Crippen LogP contribution is 2.47. The number of nitrogens with zero attached hydrogens (tertiary/aromatic N) is 2. The van der Waals surface area contributed by atoms with Crippen molar-refractivity contribution in [3.05, 3.63) is 131 Å². The molecular weight excluding hydrogens is 595 g/mol. The lowest BCUT2D eigenvalue weighted by Gasteiger charge is -2.36. The van der Waals surface area contributed by atoms with Crippen LogP contribution in [0.1, 0.15) is 61.9 Å². The zero-order chi connectivity index (χ0) is 32.9. The first-order valence-electron chi connectivity index (χ1n) is 15.6. The van der Waals surface area contributed by atoms with Crippen LogP contribution in [0.4, 0.5) is 0 Å². The van der Waals surface area contributed by atoms with Crippen molar-refractivity contribution >= 4 is 8.53 Å². The van der Waals surface area contributed by atoms with Crippen molar-refractivity contribution < 1.29 is 23.3 Å². The monoisotopic (exact) mass is 640 g/mol. The molecule has 0 amide bonds. The number of hydrogen-bond acceptors (Lipinski definition) is 7. The number of methoxy groups -OCH3 is 2. The van der Waals surface area contributed by atoms with Crippen LogP contribution in [0.25, 0.3) is 0 Å². The molecule has 1 unspecified atom stereocenters. The molecule has 4 aromatic carbocycles. The second-order valence-electron chi connectivity index (χ2n) is 11.4. The summed E-state index contributed by atoms with van der Waals surface area (Å²) < 4.78 is 32.8. The molecule has 46 heavy (non-hydrogen) atoms. The van der Waals surface area contributed by atoms with Crippen molar-refractivity contribution in [1.82, 2.24) is 4.67 Å². The average molecular weight is 641 g/mol. The van der Waals surface area contributed by atoms with Gasteiger partial charge in [0.15, 0.2) is 0 Å². The van der Waals surface area contributed by atoms with Gasteiger partial charge in [-0.15, -0.1) is 0 Å². The quantitative estimate of drug-likeness (QED) is 0.0648. The van der Waals surface area contributed by atoms with Crippen molar-refractivity contribution in [1.29, 1.82) is 5.26 Å². The van der Waals surface area contributed by atoms with Gasteiger partial charge in [0.2, 0.25) is 0 Å². The van der Waals surface area contributed by atoms with Gasteiger partial charge < -0.3 is 23.3 Å². The van der Waals surface area contributed by atoms with Crippen LogP contribution >= 0.6 is 8.53 Å². The fourth-order valence-corrected chi connectivity index (χ4v) is 7.12. The summed E-state index contributed by atoms with van der Waals surface area (Å²) in [6, 6.07) is 37.3. The Morgan fingerprint density at radius 1 is 0.674 bits per heavy atom. The van der Waals surface area contributed by atoms with Gasteiger partial charge in [-0.25, -0.2) is 4.67 Å². The van der Waals surface area contributed by atoms with Crippen LogP contribution < -0.4 is 9.47 Å². The van der Waals surface area contributed by atoms with E-state index in [1.165, 1.54) is 0 Å². The summed E-state index contributed by atoms with van der Waals surface area (Å²) in [5.74, 6) is 1.55. The summed E-state index contributed by atoms with van der Waals surface area (Å²) in [6.45, 7) is 9.60. The number of rotatable bonds is 17. The lowest BCUT2D eigenvalue weighted by molar-refractivity contribution is 0.000146. The predicted molar refractivity (Wildman–Crippen MR) is 184 cm³/mol. The largest absolute Gasteiger partial charge is 0.497 e. The zero-order valence-corrected chi connectivity index (χ0v) is 28.6. The third-order valence-corrected chi connectivity index (χ3v) is 9.68. The van der Waals surface area contributed by atoms with Crippen molar-refractivity contribution in [3.63, 3.8) is 0 Å². The normalized spacial score (nSPS) is 12.3. The van der Waals surface area contributed by atoms with Crippen LogP contribution in [-0.4, -0.2) is 37.6 Å². The Morgan fingerprint density at radius 2 is 1.20 bits per heavy atom. The molecule has 0 fully saturated rings. The van der Waals surface area contributed by atoms with E-state index in [4.69, 9.17) is 28.5 Å². The molecule has 0 aliphatic heterocycles. The maximum absolute atomic E-state index is 9.05. The molecular formula is C38H45N2O5P. The Bertz CT molecular complexity index is 1470. The minimum absolute atomic E-state index is 0.231. The fourth-order valence-electron chi connectivity index (χ4n) is 5.52. The van der Waals surface area contributed by atoms with E-state index in [1.807, 2.05) is 48.5 Å². The predicted octanol–water partition coefficient (Wildman–Crippen LogP) is 9.01. The second-order valence-corrected chi connectivity index (χ2v) is 12.9. The Morgan fingerprint density at radius 3 is 1.70 bits per heavy atom. The first-order chi connectivity index (χ1) is 22.3. The second kappa shape index (κ2) is 17.2. The summed E-state index contributed by atoms with van der Waals surface area (Å²) in [5, 5.41) is 9.05. The van der Waals surface area contributed by atoms with Gasteiger partial charge in [0.25, 0.3) is 8.53 Å². The first kappa shape index (κ1) is 35.1. The van der Waals surface area contributed by atoms with E-state index in [0.717, 1.165) is 39.3 Å². The molecule has 0 aliphatic rings. The van der Waals surface area contributed by atoms with Gasteiger partial charge in [-0.05, 0) is 79.8 Å². The van der Waals surface area contributed by atoms with E-state index in [1.54, 1.807) is 14.2 Å². The topological polar surface area (TPSA) is 73.2 Å². The number of ether oxygens (including phenoxy) is 3. The fraction of sp³-hybridized carbons (Fsp3) is 0.342. The molecule has 0 saturated carbocycles. The van der Waals surface area contributed by atoms with Crippen molar-refractivity contribution in [3.8, 4) is 17.6 Å². The van der Waals surface area contributed by atoms with E-state index in [0.29, 0.717) is 26.2 Å². The maximum atomic E-state index is 9.05. The number of nitriles is 1. The summed E-state index contributed by atoms with van der Waals surface area (Å²) in [6.07, 6.45) is 0.324. The summed E-state index contributed by atoms with van der Waals surface area (Å²) in [7, 11) is 1.99. The van der Waals surface area contributed by atoms with Crippen LogP contribution in [0.5, 0.6) is 11.5 Å². The van der Waals surface area contributed by atoms with Gasteiger partial charge in [-0.3, -0.25) is 0 Å². The van der Waals surface area contributed by atoms with Gasteiger partial charge >= 0.3 is 0 Å². The zero-order valence-electron chi connectivity index (χ0n) is 27.7. The molecule has 8 heteroatoms. The molecule has 0 N–H and O–H groups in total. The molecule has 0 aromatic heterocycles. The van der Waals surface area contributed by atoms with Crippen molar-refractivity contribution in [2.45, 2.75) is 65.0 Å². The Kier molecular flexibility index (Phi) is 13.2. The smallest absolute Gasteiger partial charge is 0.259 e. The van der Waals surface area contributed by atoms with E-state index in [9.17, 15) is 0 Å². The van der Waals surface area contributed by atoms with Gasteiger partial charge in [0.05, 0.1) is 46.5 Å². The van der Waals surface area contributed by atoms with E-state index in [2.05, 4.69) is 93.0 Å². The molecule has 0 bridgehead atoms. The van der Waals surface area contributed by atoms with Gasteiger partial charge in [-0.1, -0.05) is 78.9 Å². The molecule has 242 valence electrons. The highest BCUT2D eigenvalue weighted by Gasteiger charge is 2.38. The standard InChI is InChI=1S/C38H45N2O5P/c1-29(2)40(30(3)4)46(44-25-11-24-39)45-28-32-13-10-12-31(26-32)27-43-38(33-14-8-7-9-15-33,34-16-20-36(41-5)21-17-34)35-18-22-37(42-6)23-19-35/h7-10,12-23,26,29-30H,11,25,27-28H2,1-6H3. The van der Waals surface area contributed by atoms with Gasteiger partial charge in [-0.2, -0.15) is 5.26 Å². The SMILES string of the molecule is COc1ccc(C(OCc2cccc(COP(OCCC#N)N(C(C)C)C(C)C)c2)(c2ccccc2)c2ccc(OC)cc2)cc1. The number of benzene rings is 4. The van der Waals surface area contributed by atoms with Crippen LogP contribution in [-0.2, 0) is 32.6 Å². The molecule has 1 atom stereocenters. The Balaban J connectivity index is 1.65. The lowest BCUT2D eigenvalue weighted by Crippen LogP contribution is -2.33. The Hall–Kier alpha value is -3.76. The molecule has 7 nitrogen and oxygen atoms in total. The average Bonchev–Trinajstić information content (AvgIpc) is 3.08. The first-order valence-corrected chi connectivity index (χ1v) is 16.7. The molecule has 4 aromatic rings. The van der Waals surface area contributed by atoms with Gasteiger partial charge in [0.1, 0.15) is 17.1 Å². The molecule has 4 rings (SSSR count).